The van der Waals surface area contributed by atoms with Crippen molar-refractivity contribution in [3.05, 3.63) is 30.6 Å². The molecule has 0 aliphatic rings. The molecule has 0 aliphatic heterocycles. The Balaban J connectivity index is 2.35. The van der Waals surface area contributed by atoms with E-state index >= 15 is 0 Å². The van der Waals surface area contributed by atoms with Gasteiger partial charge in [0.25, 0.3) is 0 Å². The van der Waals surface area contributed by atoms with Crippen molar-refractivity contribution >= 4 is 6.16 Å². The zero-order valence-corrected chi connectivity index (χ0v) is 8.34. The summed E-state index contributed by atoms with van der Waals surface area (Å²) in [5, 5.41) is 0. The molecule has 4 nitrogen and oxygen atoms in total. The summed E-state index contributed by atoms with van der Waals surface area (Å²) in [4.78, 5) is 15.9. The Labute approximate surface area is 83.0 Å². The normalized spacial score (nSPS) is 9.93. The summed E-state index contributed by atoms with van der Waals surface area (Å²) in [7, 11) is 0. The number of hydrogen-bond acceptors (Lipinski definition) is 3. The first kappa shape index (κ1) is 10.5. The Kier molecular flexibility index (Phi) is 3.91. The van der Waals surface area contributed by atoms with E-state index in [0.29, 0.717) is 12.5 Å². The molecule has 0 aliphatic carbocycles. The number of rotatable bonds is 3. The molecule has 0 unspecified atom stereocenters. The van der Waals surface area contributed by atoms with Crippen molar-refractivity contribution in [2.75, 3.05) is 6.61 Å². The average Bonchev–Trinajstić information content (AvgIpc) is 2.16. The van der Waals surface area contributed by atoms with E-state index in [4.69, 9.17) is 9.57 Å². The first-order valence-corrected chi connectivity index (χ1v) is 4.50. The monoisotopic (exact) mass is 196 g/mol. The molecule has 0 fully saturated rings. The molecule has 1 heterocycles. The average molecular weight is 196 g/mol. The van der Waals surface area contributed by atoms with Gasteiger partial charge in [0, 0.05) is 16.9 Å². The van der Waals surface area contributed by atoms with Gasteiger partial charge in [-0.25, -0.2) is 0 Å². The molecule has 76 valence electrons. The maximum atomic E-state index is 11.1. The minimum Gasteiger partial charge on any atom is -0.430 e. The first-order chi connectivity index (χ1) is 6.68. The maximum absolute atomic E-state index is 11.1. The Bertz CT molecular complexity index is 285. The summed E-state index contributed by atoms with van der Waals surface area (Å²) in [6.07, 6.45) is 2.56. The molecular formula is C10H14NO3+. The highest BCUT2D eigenvalue weighted by molar-refractivity contribution is 5.59. The molecule has 0 aromatic carbocycles. The molecule has 1 aromatic heterocycles. The fourth-order valence-corrected chi connectivity index (χ4v) is 0.791. The van der Waals surface area contributed by atoms with Crippen molar-refractivity contribution in [3.8, 4) is 0 Å². The Morgan fingerprint density at radius 1 is 1.29 bits per heavy atom. The predicted molar refractivity (Wildman–Crippen MR) is 49.4 cm³/mol. The van der Waals surface area contributed by atoms with Crippen molar-refractivity contribution in [1.29, 1.82) is 0 Å². The fourth-order valence-electron chi connectivity index (χ4n) is 0.791. The number of ether oxygens (including phenoxy) is 1. The third-order valence-electron chi connectivity index (χ3n) is 1.40. The van der Waals surface area contributed by atoms with Gasteiger partial charge in [0.1, 0.15) is 0 Å². The molecule has 0 saturated heterocycles. The number of carbonyl (C=O) groups is 1. The molecule has 0 N–H and O–H groups in total. The van der Waals surface area contributed by atoms with Crippen LogP contribution in [0.2, 0.25) is 0 Å². The molecule has 14 heavy (non-hydrogen) atoms. The van der Waals surface area contributed by atoms with Crippen LogP contribution in [-0.2, 0) is 4.74 Å². The van der Waals surface area contributed by atoms with Gasteiger partial charge in [-0.1, -0.05) is 19.9 Å². The Hall–Kier alpha value is -1.58. The van der Waals surface area contributed by atoms with Gasteiger partial charge < -0.3 is 4.74 Å². The summed E-state index contributed by atoms with van der Waals surface area (Å²) in [6, 6.07) is 5.35. The molecule has 0 bridgehead atoms. The van der Waals surface area contributed by atoms with E-state index in [2.05, 4.69) is 0 Å². The van der Waals surface area contributed by atoms with Crippen molar-refractivity contribution in [2.24, 2.45) is 5.92 Å². The van der Waals surface area contributed by atoms with Crippen LogP contribution >= 0.6 is 0 Å². The number of pyridine rings is 1. The van der Waals surface area contributed by atoms with Crippen molar-refractivity contribution in [1.82, 2.24) is 0 Å². The number of nitrogens with zero attached hydrogens (tertiary/aromatic N) is 1. The Morgan fingerprint density at radius 3 is 2.50 bits per heavy atom. The second kappa shape index (κ2) is 5.21. The zero-order chi connectivity index (χ0) is 10.4. The summed E-state index contributed by atoms with van der Waals surface area (Å²) >= 11 is 0. The van der Waals surface area contributed by atoms with Gasteiger partial charge >= 0.3 is 6.16 Å². The summed E-state index contributed by atoms with van der Waals surface area (Å²) < 4.78 is 6.12. The van der Waals surface area contributed by atoms with E-state index in [-0.39, 0.29) is 0 Å². The lowest BCUT2D eigenvalue weighted by Crippen LogP contribution is -2.45. The summed E-state index contributed by atoms with van der Waals surface area (Å²) in [5.74, 6) is 0.309. The van der Waals surface area contributed by atoms with Crippen molar-refractivity contribution in [3.63, 3.8) is 0 Å². The molecule has 4 heteroatoms. The lowest BCUT2D eigenvalue weighted by Gasteiger charge is -2.03. The van der Waals surface area contributed by atoms with Gasteiger partial charge in [0.2, 0.25) is 12.4 Å². The van der Waals surface area contributed by atoms with Crippen LogP contribution in [0.25, 0.3) is 0 Å². The van der Waals surface area contributed by atoms with Crippen LogP contribution in [0.15, 0.2) is 30.6 Å². The minimum atomic E-state index is -0.685. The van der Waals surface area contributed by atoms with Gasteiger partial charge in [-0.3, -0.25) is 0 Å². The fraction of sp³-hybridized carbons (Fsp3) is 0.400. The molecule has 0 amide bonds. The molecular weight excluding hydrogens is 182 g/mol. The van der Waals surface area contributed by atoms with Crippen LogP contribution in [0.3, 0.4) is 0 Å². The molecule has 1 aromatic rings. The summed E-state index contributed by atoms with van der Waals surface area (Å²) in [6.45, 7) is 4.29. The van der Waals surface area contributed by atoms with Crippen LogP contribution in [0.4, 0.5) is 4.79 Å². The number of carbonyl (C=O) groups excluding carboxylic acids is 1. The highest BCUT2D eigenvalue weighted by Gasteiger charge is 2.11. The van der Waals surface area contributed by atoms with Crippen LogP contribution in [0.5, 0.6) is 0 Å². The van der Waals surface area contributed by atoms with Crippen LogP contribution in [0.1, 0.15) is 13.8 Å². The van der Waals surface area contributed by atoms with Gasteiger partial charge in [0.05, 0.1) is 6.61 Å². The molecule has 0 spiro atoms. The third-order valence-corrected chi connectivity index (χ3v) is 1.40. The van der Waals surface area contributed by atoms with E-state index in [1.54, 1.807) is 24.5 Å². The van der Waals surface area contributed by atoms with E-state index in [1.807, 2.05) is 19.9 Å². The first-order valence-electron chi connectivity index (χ1n) is 4.50. The van der Waals surface area contributed by atoms with Crippen molar-refractivity contribution in [2.45, 2.75) is 13.8 Å². The third kappa shape index (κ3) is 3.89. The maximum Gasteiger partial charge on any atom is 0.572 e. The topological polar surface area (TPSA) is 39.4 Å². The smallest absolute Gasteiger partial charge is 0.430 e. The lowest BCUT2D eigenvalue weighted by molar-refractivity contribution is -0.870. The molecule has 0 atom stereocenters. The van der Waals surface area contributed by atoms with E-state index < -0.39 is 6.16 Å². The molecule has 0 radical (unpaired) electrons. The second-order valence-electron chi connectivity index (χ2n) is 3.28. The lowest BCUT2D eigenvalue weighted by atomic mass is 10.2. The highest BCUT2D eigenvalue weighted by Crippen LogP contribution is 1.92. The van der Waals surface area contributed by atoms with Gasteiger partial charge in [-0.15, -0.1) is 4.84 Å². The number of aromatic nitrogens is 1. The van der Waals surface area contributed by atoms with E-state index in [0.717, 1.165) is 0 Å². The standard InChI is InChI=1S/C10H14NO3/c1-9(2)8-13-10(12)14-11-6-4-3-5-7-11/h3-7,9H,8H2,1-2H3/q+1. The van der Waals surface area contributed by atoms with Gasteiger partial charge in [-0.05, 0) is 5.92 Å². The minimum absolute atomic E-state index is 0.309. The zero-order valence-electron chi connectivity index (χ0n) is 8.34. The van der Waals surface area contributed by atoms with Crippen molar-refractivity contribution < 1.29 is 19.1 Å². The van der Waals surface area contributed by atoms with Gasteiger partial charge in [0.15, 0.2) is 0 Å². The highest BCUT2D eigenvalue weighted by atomic mass is 16.8. The van der Waals surface area contributed by atoms with Gasteiger partial charge in [-0.2, -0.15) is 4.79 Å². The van der Waals surface area contributed by atoms with E-state index in [1.165, 1.54) is 4.73 Å². The van der Waals surface area contributed by atoms with Crippen LogP contribution in [0, 0.1) is 5.92 Å². The largest absolute Gasteiger partial charge is 0.572 e. The van der Waals surface area contributed by atoms with Crippen LogP contribution < -0.4 is 9.57 Å². The molecule has 1 rings (SSSR count). The quantitative estimate of drug-likeness (QED) is 0.538. The van der Waals surface area contributed by atoms with E-state index in [9.17, 15) is 4.79 Å². The number of hydrogen-bond donors (Lipinski definition) is 0. The predicted octanol–water partition coefficient (Wildman–Crippen LogP) is 1.20. The Morgan fingerprint density at radius 2 is 1.93 bits per heavy atom. The SMILES string of the molecule is CC(C)COC(=O)O[n+]1ccccc1. The molecule has 0 saturated carbocycles. The summed E-state index contributed by atoms with van der Waals surface area (Å²) in [5.41, 5.74) is 0. The van der Waals surface area contributed by atoms with Crippen LogP contribution in [-0.4, -0.2) is 12.8 Å². The second-order valence-corrected chi connectivity index (χ2v) is 3.28.